The van der Waals surface area contributed by atoms with Gasteiger partial charge in [-0.15, -0.1) is 0 Å². The van der Waals surface area contributed by atoms with Crippen LogP contribution >= 0.6 is 15.9 Å². The van der Waals surface area contributed by atoms with Gasteiger partial charge in [0.05, 0.1) is 0 Å². The SMILES string of the molecule is Cc1nc(Br)cc(NC(C)CN2CCCCC2)n1. The highest BCUT2D eigenvalue weighted by Gasteiger charge is 2.13. The van der Waals surface area contributed by atoms with Gasteiger partial charge in [-0.3, -0.25) is 0 Å². The first-order valence-electron chi connectivity index (χ1n) is 6.63. The summed E-state index contributed by atoms with van der Waals surface area (Å²) in [5.41, 5.74) is 0. The second kappa shape index (κ2) is 6.48. The molecule has 4 nitrogen and oxygen atoms in total. The van der Waals surface area contributed by atoms with Crippen LogP contribution in [0, 0.1) is 6.92 Å². The van der Waals surface area contributed by atoms with Crippen LogP contribution in [0.15, 0.2) is 10.7 Å². The largest absolute Gasteiger partial charge is 0.366 e. The van der Waals surface area contributed by atoms with E-state index in [4.69, 9.17) is 0 Å². The summed E-state index contributed by atoms with van der Waals surface area (Å²) in [7, 11) is 0. The first kappa shape index (κ1) is 13.7. The lowest BCUT2D eigenvalue weighted by molar-refractivity contribution is 0.223. The maximum Gasteiger partial charge on any atom is 0.131 e. The third kappa shape index (κ3) is 4.21. The number of likely N-dealkylation sites (tertiary alicyclic amines) is 1. The van der Waals surface area contributed by atoms with Gasteiger partial charge in [0.15, 0.2) is 0 Å². The van der Waals surface area contributed by atoms with E-state index in [0.29, 0.717) is 6.04 Å². The number of rotatable bonds is 4. The van der Waals surface area contributed by atoms with Crippen molar-refractivity contribution < 1.29 is 0 Å². The summed E-state index contributed by atoms with van der Waals surface area (Å²) >= 11 is 3.40. The monoisotopic (exact) mass is 312 g/mol. The molecule has 1 saturated heterocycles. The molecule has 1 N–H and O–H groups in total. The Morgan fingerprint density at radius 1 is 1.33 bits per heavy atom. The van der Waals surface area contributed by atoms with Gasteiger partial charge in [-0.2, -0.15) is 0 Å². The summed E-state index contributed by atoms with van der Waals surface area (Å²) in [6.45, 7) is 7.67. The molecule has 1 fully saturated rings. The third-order valence-corrected chi connectivity index (χ3v) is 3.59. The Morgan fingerprint density at radius 2 is 2.06 bits per heavy atom. The minimum Gasteiger partial charge on any atom is -0.366 e. The van der Waals surface area contributed by atoms with E-state index in [1.54, 1.807) is 0 Å². The smallest absolute Gasteiger partial charge is 0.131 e. The number of nitrogens with one attached hydrogen (secondary N) is 1. The average Bonchev–Trinajstić information content (AvgIpc) is 2.28. The van der Waals surface area contributed by atoms with E-state index in [2.05, 4.69) is 43.0 Å². The molecule has 0 bridgehead atoms. The number of hydrogen-bond acceptors (Lipinski definition) is 4. The highest BCUT2D eigenvalue weighted by molar-refractivity contribution is 9.10. The first-order valence-corrected chi connectivity index (χ1v) is 7.43. The summed E-state index contributed by atoms with van der Waals surface area (Å²) in [6.07, 6.45) is 4.06. The average molecular weight is 313 g/mol. The number of aromatic nitrogens is 2. The van der Waals surface area contributed by atoms with Gasteiger partial charge in [0, 0.05) is 18.7 Å². The summed E-state index contributed by atoms with van der Waals surface area (Å²) in [5.74, 6) is 1.69. The zero-order valence-corrected chi connectivity index (χ0v) is 12.7. The molecule has 0 amide bonds. The Hall–Kier alpha value is -0.680. The Balaban J connectivity index is 1.87. The van der Waals surface area contributed by atoms with Gasteiger partial charge in [0.1, 0.15) is 16.2 Å². The van der Waals surface area contributed by atoms with Crippen molar-refractivity contribution in [3.8, 4) is 0 Å². The lowest BCUT2D eigenvalue weighted by Crippen LogP contribution is -2.38. The normalized spacial score (nSPS) is 18.6. The quantitative estimate of drug-likeness (QED) is 0.868. The second-order valence-electron chi connectivity index (χ2n) is 5.03. The zero-order chi connectivity index (χ0) is 13.0. The number of anilines is 1. The van der Waals surface area contributed by atoms with Crippen LogP contribution in [-0.2, 0) is 0 Å². The van der Waals surface area contributed by atoms with Crippen molar-refractivity contribution >= 4 is 21.7 Å². The van der Waals surface area contributed by atoms with E-state index in [0.717, 1.165) is 22.8 Å². The summed E-state index contributed by atoms with van der Waals surface area (Å²) < 4.78 is 0.836. The van der Waals surface area contributed by atoms with Gasteiger partial charge < -0.3 is 10.2 Å². The highest BCUT2D eigenvalue weighted by atomic mass is 79.9. The molecule has 0 radical (unpaired) electrons. The number of hydrogen-bond donors (Lipinski definition) is 1. The first-order chi connectivity index (χ1) is 8.63. The molecule has 2 rings (SSSR count). The van der Waals surface area contributed by atoms with Crippen LogP contribution in [0.25, 0.3) is 0 Å². The maximum absolute atomic E-state index is 4.40. The molecule has 1 aliphatic heterocycles. The predicted molar refractivity (Wildman–Crippen MR) is 77.8 cm³/mol. The van der Waals surface area contributed by atoms with Gasteiger partial charge in [-0.25, -0.2) is 9.97 Å². The van der Waals surface area contributed by atoms with Gasteiger partial charge in [0.2, 0.25) is 0 Å². The molecule has 18 heavy (non-hydrogen) atoms. The van der Waals surface area contributed by atoms with E-state index < -0.39 is 0 Å². The summed E-state index contributed by atoms with van der Waals surface area (Å²) in [5, 5.41) is 3.45. The molecule has 5 heteroatoms. The van der Waals surface area contributed by atoms with Crippen molar-refractivity contribution in [2.45, 2.75) is 39.2 Å². The molecule has 0 saturated carbocycles. The molecule has 0 aromatic carbocycles. The molecular weight excluding hydrogens is 292 g/mol. The van der Waals surface area contributed by atoms with Crippen LogP contribution < -0.4 is 5.32 Å². The molecule has 0 spiro atoms. The number of piperidine rings is 1. The van der Waals surface area contributed by atoms with E-state index in [1.807, 2.05) is 13.0 Å². The number of aryl methyl sites for hydroxylation is 1. The Labute approximate surface area is 117 Å². The van der Waals surface area contributed by atoms with Crippen LogP contribution in [0.2, 0.25) is 0 Å². The molecule has 1 atom stereocenters. The third-order valence-electron chi connectivity index (χ3n) is 3.18. The van der Waals surface area contributed by atoms with Crippen molar-refractivity contribution in [3.63, 3.8) is 0 Å². The zero-order valence-electron chi connectivity index (χ0n) is 11.1. The molecule has 1 unspecified atom stereocenters. The van der Waals surface area contributed by atoms with Gasteiger partial charge in [0.25, 0.3) is 0 Å². The maximum atomic E-state index is 4.40. The van der Waals surface area contributed by atoms with Crippen LogP contribution in [0.3, 0.4) is 0 Å². The minimum atomic E-state index is 0.407. The molecule has 1 aliphatic rings. The van der Waals surface area contributed by atoms with Crippen molar-refractivity contribution in [2.24, 2.45) is 0 Å². The molecule has 2 heterocycles. The van der Waals surface area contributed by atoms with E-state index in [-0.39, 0.29) is 0 Å². The topological polar surface area (TPSA) is 41.1 Å². The Bertz CT molecular complexity index is 370. The van der Waals surface area contributed by atoms with Crippen LogP contribution in [0.5, 0.6) is 0 Å². The van der Waals surface area contributed by atoms with Gasteiger partial charge >= 0.3 is 0 Å². The molecular formula is C13H21BrN4. The van der Waals surface area contributed by atoms with Crippen molar-refractivity contribution in [3.05, 3.63) is 16.5 Å². The van der Waals surface area contributed by atoms with E-state index in [1.165, 1.54) is 32.4 Å². The van der Waals surface area contributed by atoms with Gasteiger partial charge in [-0.1, -0.05) is 6.42 Å². The molecule has 1 aromatic heterocycles. The lowest BCUT2D eigenvalue weighted by atomic mass is 10.1. The Kier molecular flexibility index (Phi) is 4.95. The lowest BCUT2D eigenvalue weighted by Gasteiger charge is -2.29. The van der Waals surface area contributed by atoms with Crippen molar-refractivity contribution in [1.82, 2.24) is 14.9 Å². The fourth-order valence-corrected chi connectivity index (χ4v) is 2.91. The minimum absolute atomic E-state index is 0.407. The van der Waals surface area contributed by atoms with Crippen LogP contribution in [0.4, 0.5) is 5.82 Å². The van der Waals surface area contributed by atoms with Crippen molar-refractivity contribution in [2.75, 3.05) is 25.0 Å². The second-order valence-corrected chi connectivity index (χ2v) is 5.84. The standard InChI is InChI=1S/C13H21BrN4/c1-10(9-18-6-4-3-5-7-18)15-13-8-12(14)16-11(2)17-13/h8,10H,3-7,9H2,1-2H3,(H,15,16,17). The molecule has 100 valence electrons. The number of nitrogens with zero attached hydrogens (tertiary/aromatic N) is 3. The van der Waals surface area contributed by atoms with Gasteiger partial charge in [-0.05, 0) is 55.7 Å². The highest BCUT2D eigenvalue weighted by Crippen LogP contribution is 2.14. The fraction of sp³-hybridized carbons (Fsp3) is 0.692. The van der Waals surface area contributed by atoms with Crippen LogP contribution in [0.1, 0.15) is 32.0 Å². The summed E-state index contributed by atoms with van der Waals surface area (Å²) in [6, 6.07) is 2.34. The number of halogens is 1. The molecule has 0 aliphatic carbocycles. The molecule has 1 aromatic rings. The van der Waals surface area contributed by atoms with E-state index >= 15 is 0 Å². The van der Waals surface area contributed by atoms with Crippen LogP contribution in [-0.4, -0.2) is 40.5 Å². The van der Waals surface area contributed by atoms with E-state index in [9.17, 15) is 0 Å². The predicted octanol–water partition coefficient (Wildman–Crippen LogP) is 2.83. The summed E-state index contributed by atoms with van der Waals surface area (Å²) in [4.78, 5) is 11.1. The fourth-order valence-electron chi connectivity index (χ4n) is 2.43. The Morgan fingerprint density at radius 3 is 2.72 bits per heavy atom. The van der Waals surface area contributed by atoms with Crippen molar-refractivity contribution in [1.29, 1.82) is 0 Å².